The highest BCUT2D eigenvalue weighted by molar-refractivity contribution is 5.56. The summed E-state index contributed by atoms with van der Waals surface area (Å²) in [5.74, 6) is 3.47. The zero-order chi connectivity index (χ0) is 19.8. The van der Waals surface area contributed by atoms with Crippen LogP contribution in [0.5, 0.6) is 0 Å². The van der Waals surface area contributed by atoms with E-state index in [1.54, 1.807) is 6.07 Å². The second-order valence-electron chi connectivity index (χ2n) is 8.36. The molecule has 1 aromatic carbocycles. The third-order valence-corrected chi connectivity index (χ3v) is 6.54. The molecule has 0 radical (unpaired) electrons. The Kier molecular flexibility index (Phi) is 5.20. The third kappa shape index (κ3) is 3.99. The summed E-state index contributed by atoms with van der Waals surface area (Å²) < 4.78 is 25.5. The maximum atomic E-state index is 14.5. The van der Waals surface area contributed by atoms with Crippen molar-refractivity contribution in [3.63, 3.8) is 0 Å². The first-order valence-electron chi connectivity index (χ1n) is 10.5. The quantitative estimate of drug-likeness (QED) is 0.744. The van der Waals surface area contributed by atoms with E-state index in [1.165, 1.54) is 0 Å². The molecule has 2 N–H and O–H groups in total. The summed E-state index contributed by atoms with van der Waals surface area (Å²) in [4.78, 5) is 4.47. The molecule has 0 bridgehead atoms. The summed E-state index contributed by atoms with van der Waals surface area (Å²) in [6.07, 6.45) is 0. The van der Waals surface area contributed by atoms with Crippen molar-refractivity contribution in [3.05, 3.63) is 47.7 Å². The Balaban J connectivity index is 1.09. The molecule has 156 valence electrons. The van der Waals surface area contributed by atoms with Crippen LogP contribution in [0.2, 0.25) is 0 Å². The van der Waals surface area contributed by atoms with Crippen LogP contribution in [0.4, 0.5) is 15.8 Å². The number of rotatable bonds is 7. The standard InChI is InChI=1S/C22H28FN3O3/c23-21-9-15(1-4-22(21)26-5-7-28-8-6-26)24-10-18-19-12-25(13-20(18)19)11-16-2-3-17(14-27)29-16/h1-4,9,18-20,24,27H,5-8,10-14H2. The molecule has 1 saturated carbocycles. The summed E-state index contributed by atoms with van der Waals surface area (Å²) in [6.45, 7) is 6.61. The summed E-state index contributed by atoms with van der Waals surface area (Å²) in [5, 5.41) is 12.5. The fraction of sp³-hybridized carbons (Fsp3) is 0.545. The van der Waals surface area contributed by atoms with Crippen molar-refractivity contribution < 1.29 is 18.7 Å². The van der Waals surface area contributed by atoms with Crippen molar-refractivity contribution in [2.75, 3.05) is 56.2 Å². The summed E-state index contributed by atoms with van der Waals surface area (Å²) >= 11 is 0. The molecular formula is C22H28FN3O3. The molecule has 1 aromatic heterocycles. The fourth-order valence-corrected chi connectivity index (χ4v) is 4.89. The minimum absolute atomic E-state index is 0.0486. The van der Waals surface area contributed by atoms with E-state index in [0.29, 0.717) is 42.4 Å². The molecule has 6 nitrogen and oxygen atoms in total. The number of hydrogen-bond acceptors (Lipinski definition) is 6. The second-order valence-corrected chi connectivity index (χ2v) is 8.36. The van der Waals surface area contributed by atoms with Gasteiger partial charge in [0.2, 0.25) is 0 Å². The van der Waals surface area contributed by atoms with Crippen molar-refractivity contribution in [1.29, 1.82) is 0 Å². The first-order chi connectivity index (χ1) is 14.2. The number of fused-ring (bicyclic) bond motifs is 1. The highest BCUT2D eigenvalue weighted by Crippen LogP contribution is 2.51. The van der Waals surface area contributed by atoms with Gasteiger partial charge in [0, 0.05) is 38.4 Å². The van der Waals surface area contributed by atoms with Crippen LogP contribution in [0.1, 0.15) is 11.5 Å². The maximum absolute atomic E-state index is 14.5. The first-order valence-corrected chi connectivity index (χ1v) is 10.5. The van der Waals surface area contributed by atoms with Gasteiger partial charge in [-0.3, -0.25) is 4.90 Å². The number of likely N-dealkylation sites (tertiary alicyclic amines) is 1. The van der Waals surface area contributed by atoms with E-state index in [2.05, 4.69) is 10.2 Å². The Bertz CT molecular complexity index is 840. The molecule has 2 aromatic rings. The Hall–Kier alpha value is -2.09. The van der Waals surface area contributed by atoms with Gasteiger partial charge in [-0.15, -0.1) is 0 Å². The molecule has 3 aliphatic rings. The van der Waals surface area contributed by atoms with Gasteiger partial charge in [-0.25, -0.2) is 4.39 Å². The van der Waals surface area contributed by atoms with Crippen LogP contribution < -0.4 is 10.2 Å². The van der Waals surface area contributed by atoms with E-state index in [9.17, 15) is 4.39 Å². The number of nitrogens with one attached hydrogen (secondary N) is 1. The normalized spacial score (nSPS) is 26.6. The number of nitrogens with zero attached hydrogens (tertiary/aromatic N) is 2. The number of aliphatic hydroxyl groups is 1. The van der Waals surface area contributed by atoms with Gasteiger partial charge in [0.25, 0.3) is 0 Å². The number of aliphatic hydroxyl groups excluding tert-OH is 1. The number of benzene rings is 1. The van der Waals surface area contributed by atoms with Crippen LogP contribution in [-0.2, 0) is 17.9 Å². The van der Waals surface area contributed by atoms with E-state index in [-0.39, 0.29) is 12.4 Å². The van der Waals surface area contributed by atoms with Gasteiger partial charge in [0.1, 0.15) is 23.9 Å². The molecule has 2 aliphatic heterocycles. The summed E-state index contributed by atoms with van der Waals surface area (Å²) in [6, 6.07) is 9.26. The van der Waals surface area contributed by atoms with Gasteiger partial charge in [-0.05, 0) is 48.1 Å². The van der Waals surface area contributed by atoms with Crippen molar-refractivity contribution in [2.24, 2.45) is 17.8 Å². The highest BCUT2D eigenvalue weighted by atomic mass is 19.1. The topological polar surface area (TPSA) is 61.1 Å². The lowest BCUT2D eigenvalue weighted by molar-refractivity contribution is 0.122. The molecular weight excluding hydrogens is 373 g/mol. The summed E-state index contributed by atoms with van der Waals surface area (Å²) in [5.41, 5.74) is 1.52. The van der Waals surface area contributed by atoms with Crippen molar-refractivity contribution in [2.45, 2.75) is 13.2 Å². The lowest BCUT2D eigenvalue weighted by Gasteiger charge is -2.29. The Labute approximate surface area is 170 Å². The maximum Gasteiger partial charge on any atom is 0.148 e. The van der Waals surface area contributed by atoms with Crippen LogP contribution in [-0.4, -0.2) is 55.9 Å². The number of furan rings is 1. The zero-order valence-electron chi connectivity index (χ0n) is 16.5. The molecule has 3 fully saturated rings. The van der Waals surface area contributed by atoms with Gasteiger partial charge in [0.15, 0.2) is 0 Å². The SMILES string of the molecule is OCc1ccc(CN2CC3C(CNc4ccc(N5CCOCC5)c(F)c4)C3C2)o1. The van der Waals surface area contributed by atoms with E-state index in [4.69, 9.17) is 14.3 Å². The molecule has 0 amide bonds. The lowest BCUT2D eigenvalue weighted by atomic mass is 10.2. The molecule has 5 rings (SSSR count). The molecule has 2 saturated heterocycles. The predicted octanol–water partition coefficient (Wildman–Crippen LogP) is 2.54. The molecule has 29 heavy (non-hydrogen) atoms. The second kappa shape index (κ2) is 7.97. The Morgan fingerprint density at radius 3 is 2.52 bits per heavy atom. The minimum Gasteiger partial charge on any atom is -0.462 e. The minimum atomic E-state index is -0.167. The van der Waals surface area contributed by atoms with E-state index < -0.39 is 0 Å². The average Bonchev–Trinajstić information content (AvgIpc) is 3.08. The van der Waals surface area contributed by atoms with Crippen molar-refractivity contribution in [3.8, 4) is 0 Å². The molecule has 3 heterocycles. The number of piperidine rings is 1. The predicted molar refractivity (Wildman–Crippen MR) is 108 cm³/mol. The molecule has 2 atom stereocenters. The van der Waals surface area contributed by atoms with E-state index in [1.807, 2.05) is 29.2 Å². The van der Waals surface area contributed by atoms with Gasteiger partial charge in [-0.1, -0.05) is 0 Å². The van der Waals surface area contributed by atoms with Gasteiger partial charge in [0.05, 0.1) is 25.4 Å². The van der Waals surface area contributed by atoms with Crippen LogP contribution in [0.25, 0.3) is 0 Å². The van der Waals surface area contributed by atoms with Gasteiger partial charge in [-0.2, -0.15) is 0 Å². The number of halogens is 1. The van der Waals surface area contributed by atoms with Gasteiger partial charge < -0.3 is 24.5 Å². The fourth-order valence-electron chi connectivity index (χ4n) is 4.89. The van der Waals surface area contributed by atoms with Crippen LogP contribution in [0.15, 0.2) is 34.7 Å². The van der Waals surface area contributed by atoms with Crippen LogP contribution >= 0.6 is 0 Å². The molecule has 1 aliphatic carbocycles. The number of morpholine rings is 1. The Morgan fingerprint density at radius 2 is 1.83 bits per heavy atom. The zero-order valence-corrected chi connectivity index (χ0v) is 16.5. The lowest BCUT2D eigenvalue weighted by Crippen LogP contribution is -2.36. The first kappa shape index (κ1) is 18.9. The molecule has 0 spiro atoms. The van der Waals surface area contributed by atoms with Crippen LogP contribution in [0, 0.1) is 23.6 Å². The van der Waals surface area contributed by atoms with Crippen LogP contribution in [0.3, 0.4) is 0 Å². The smallest absolute Gasteiger partial charge is 0.148 e. The monoisotopic (exact) mass is 401 g/mol. The number of ether oxygens (including phenoxy) is 1. The third-order valence-electron chi connectivity index (χ3n) is 6.54. The summed E-state index contributed by atoms with van der Waals surface area (Å²) in [7, 11) is 0. The molecule has 7 heteroatoms. The van der Waals surface area contributed by atoms with E-state index >= 15 is 0 Å². The van der Waals surface area contributed by atoms with Gasteiger partial charge >= 0.3 is 0 Å². The molecule has 2 unspecified atom stereocenters. The largest absolute Gasteiger partial charge is 0.462 e. The average molecular weight is 401 g/mol. The van der Waals surface area contributed by atoms with Crippen molar-refractivity contribution >= 4 is 11.4 Å². The Morgan fingerprint density at radius 1 is 1.07 bits per heavy atom. The van der Waals surface area contributed by atoms with E-state index in [0.717, 1.165) is 50.7 Å². The highest BCUT2D eigenvalue weighted by Gasteiger charge is 2.55. The number of hydrogen-bond donors (Lipinski definition) is 2. The number of anilines is 2. The van der Waals surface area contributed by atoms with Crippen molar-refractivity contribution in [1.82, 2.24) is 4.90 Å².